The van der Waals surface area contributed by atoms with Crippen LogP contribution in [0.15, 0.2) is 41.0 Å². The molecule has 0 spiro atoms. The smallest absolute Gasteiger partial charge is 0.287 e. The van der Waals surface area contributed by atoms with Crippen LogP contribution < -0.4 is 20.1 Å². The second-order valence-electron chi connectivity index (χ2n) is 7.28. The van der Waals surface area contributed by atoms with Crippen molar-refractivity contribution in [2.45, 2.75) is 31.1 Å². The van der Waals surface area contributed by atoms with Gasteiger partial charge >= 0.3 is 0 Å². The second-order valence-corrected chi connectivity index (χ2v) is 7.28. The average Bonchev–Trinajstić information content (AvgIpc) is 3.43. The quantitative estimate of drug-likeness (QED) is 0.798. The third-order valence-corrected chi connectivity index (χ3v) is 5.49. The van der Waals surface area contributed by atoms with Crippen LogP contribution >= 0.6 is 0 Å². The summed E-state index contributed by atoms with van der Waals surface area (Å²) >= 11 is 0. The Hall–Kier alpha value is -2.96. The highest BCUT2D eigenvalue weighted by Crippen LogP contribution is 2.43. The van der Waals surface area contributed by atoms with Crippen molar-refractivity contribution in [2.75, 3.05) is 26.3 Å². The SMILES string of the molecule is O=C(CNC(=O)c1ccco1)NCC1(c2ccc3c(c2)OCCO3)CCCC1. The molecule has 1 aliphatic heterocycles. The Morgan fingerprint density at radius 3 is 2.54 bits per heavy atom. The van der Waals surface area contributed by atoms with Gasteiger partial charge in [0.25, 0.3) is 5.91 Å². The molecule has 2 aromatic rings. The molecule has 0 radical (unpaired) electrons. The van der Waals surface area contributed by atoms with Crippen molar-refractivity contribution in [1.29, 1.82) is 0 Å². The van der Waals surface area contributed by atoms with E-state index in [2.05, 4.69) is 16.7 Å². The number of ether oxygens (including phenoxy) is 2. The van der Waals surface area contributed by atoms with Crippen LogP contribution in [-0.2, 0) is 10.2 Å². The summed E-state index contributed by atoms with van der Waals surface area (Å²) in [5, 5.41) is 5.56. The van der Waals surface area contributed by atoms with Crippen molar-refractivity contribution in [3.63, 3.8) is 0 Å². The largest absolute Gasteiger partial charge is 0.486 e. The lowest BCUT2D eigenvalue weighted by Gasteiger charge is -2.31. The zero-order valence-corrected chi connectivity index (χ0v) is 15.7. The van der Waals surface area contributed by atoms with Crippen LogP contribution in [-0.4, -0.2) is 38.1 Å². The van der Waals surface area contributed by atoms with Crippen LogP contribution in [0.4, 0.5) is 0 Å². The normalized spacial score (nSPS) is 17.1. The number of amides is 2. The molecule has 1 aromatic heterocycles. The number of benzene rings is 1. The van der Waals surface area contributed by atoms with Crippen molar-refractivity contribution in [3.05, 3.63) is 47.9 Å². The summed E-state index contributed by atoms with van der Waals surface area (Å²) in [6.45, 7) is 1.56. The van der Waals surface area contributed by atoms with E-state index in [9.17, 15) is 9.59 Å². The van der Waals surface area contributed by atoms with E-state index >= 15 is 0 Å². The Labute approximate surface area is 163 Å². The topological polar surface area (TPSA) is 89.8 Å². The van der Waals surface area contributed by atoms with Gasteiger partial charge in [0.2, 0.25) is 5.91 Å². The molecule has 2 amide bonds. The minimum absolute atomic E-state index is 0.0866. The lowest BCUT2D eigenvalue weighted by atomic mass is 9.78. The summed E-state index contributed by atoms with van der Waals surface area (Å²) in [7, 11) is 0. The highest BCUT2D eigenvalue weighted by Gasteiger charge is 2.36. The van der Waals surface area contributed by atoms with E-state index in [0.29, 0.717) is 19.8 Å². The molecule has 7 heteroatoms. The predicted molar refractivity (Wildman–Crippen MR) is 102 cm³/mol. The molecular formula is C21H24N2O5. The molecule has 0 bridgehead atoms. The average molecular weight is 384 g/mol. The molecule has 4 rings (SSSR count). The maximum atomic E-state index is 12.3. The summed E-state index contributed by atoms with van der Waals surface area (Å²) in [6.07, 6.45) is 5.68. The molecule has 148 valence electrons. The Kier molecular flexibility index (Phi) is 5.23. The lowest BCUT2D eigenvalue weighted by molar-refractivity contribution is -0.120. The van der Waals surface area contributed by atoms with E-state index in [0.717, 1.165) is 42.7 Å². The van der Waals surface area contributed by atoms with Crippen molar-refractivity contribution < 1.29 is 23.5 Å². The van der Waals surface area contributed by atoms with Crippen molar-refractivity contribution in [2.24, 2.45) is 0 Å². The van der Waals surface area contributed by atoms with Crippen LogP contribution in [0.25, 0.3) is 0 Å². The summed E-state index contributed by atoms with van der Waals surface area (Å²) in [6, 6.07) is 9.26. The first-order valence-electron chi connectivity index (χ1n) is 9.65. The van der Waals surface area contributed by atoms with E-state index in [4.69, 9.17) is 13.9 Å². The number of rotatable bonds is 6. The first-order chi connectivity index (χ1) is 13.7. The molecule has 0 saturated heterocycles. The van der Waals surface area contributed by atoms with E-state index in [1.807, 2.05) is 12.1 Å². The van der Waals surface area contributed by atoms with Gasteiger partial charge in [-0.25, -0.2) is 0 Å². The standard InChI is InChI=1S/C21H24N2O5/c24-19(13-22-20(25)17-4-3-9-26-17)23-14-21(7-1-2-8-21)15-5-6-16-18(12-15)28-11-10-27-16/h3-6,9,12H,1-2,7-8,10-11,13-14H2,(H,22,25)(H,23,24). The molecule has 2 N–H and O–H groups in total. The number of fused-ring (bicyclic) bond motifs is 1. The maximum absolute atomic E-state index is 12.3. The number of nitrogens with one attached hydrogen (secondary N) is 2. The molecule has 2 heterocycles. The highest BCUT2D eigenvalue weighted by atomic mass is 16.6. The van der Waals surface area contributed by atoms with Gasteiger partial charge in [-0.2, -0.15) is 0 Å². The zero-order chi connectivity index (χ0) is 19.4. The van der Waals surface area contributed by atoms with Gasteiger partial charge in [0.15, 0.2) is 17.3 Å². The summed E-state index contributed by atoms with van der Waals surface area (Å²) in [4.78, 5) is 24.2. The minimum atomic E-state index is -0.400. The molecule has 1 aromatic carbocycles. The Bertz CT molecular complexity index is 840. The fourth-order valence-corrected chi connectivity index (χ4v) is 3.98. The fourth-order valence-electron chi connectivity index (χ4n) is 3.98. The van der Waals surface area contributed by atoms with Crippen molar-refractivity contribution in [3.8, 4) is 11.5 Å². The number of hydrogen-bond acceptors (Lipinski definition) is 5. The minimum Gasteiger partial charge on any atom is -0.486 e. The number of carbonyl (C=O) groups is 2. The molecular weight excluding hydrogens is 360 g/mol. The van der Waals surface area contributed by atoms with Crippen LogP contribution in [0.5, 0.6) is 11.5 Å². The molecule has 1 aliphatic carbocycles. The second kappa shape index (κ2) is 7.96. The first-order valence-corrected chi connectivity index (χ1v) is 9.65. The Morgan fingerprint density at radius 1 is 1.00 bits per heavy atom. The fraction of sp³-hybridized carbons (Fsp3) is 0.429. The van der Waals surface area contributed by atoms with Gasteiger partial charge in [-0.15, -0.1) is 0 Å². The van der Waals surface area contributed by atoms with Gasteiger partial charge in [-0.3, -0.25) is 9.59 Å². The predicted octanol–water partition coefficient (Wildman–Crippen LogP) is 2.41. The molecule has 1 fully saturated rings. The molecule has 1 saturated carbocycles. The molecule has 28 heavy (non-hydrogen) atoms. The van der Waals surface area contributed by atoms with Crippen LogP contribution in [0.2, 0.25) is 0 Å². The summed E-state index contributed by atoms with van der Waals surface area (Å²) in [5.41, 5.74) is 1.05. The monoisotopic (exact) mass is 384 g/mol. The summed E-state index contributed by atoms with van der Waals surface area (Å²) in [5.74, 6) is 1.11. The van der Waals surface area contributed by atoms with E-state index < -0.39 is 5.91 Å². The third kappa shape index (κ3) is 3.83. The number of hydrogen-bond donors (Lipinski definition) is 2. The van der Waals surface area contributed by atoms with E-state index in [1.54, 1.807) is 12.1 Å². The van der Waals surface area contributed by atoms with Crippen molar-refractivity contribution >= 4 is 11.8 Å². The highest BCUT2D eigenvalue weighted by molar-refractivity contribution is 5.94. The zero-order valence-electron chi connectivity index (χ0n) is 15.7. The van der Waals surface area contributed by atoms with Gasteiger partial charge in [-0.05, 0) is 42.7 Å². The Balaban J connectivity index is 1.38. The maximum Gasteiger partial charge on any atom is 0.287 e. The lowest BCUT2D eigenvalue weighted by Crippen LogP contribution is -2.43. The molecule has 0 unspecified atom stereocenters. The Morgan fingerprint density at radius 2 is 1.79 bits per heavy atom. The summed E-state index contributed by atoms with van der Waals surface area (Å²) < 4.78 is 16.4. The van der Waals surface area contributed by atoms with Gasteiger partial charge in [0.1, 0.15) is 13.2 Å². The third-order valence-electron chi connectivity index (χ3n) is 5.49. The van der Waals surface area contributed by atoms with Gasteiger partial charge < -0.3 is 24.5 Å². The van der Waals surface area contributed by atoms with Gasteiger partial charge in [-0.1, -0.05) is 18.9 Å². The van der Waals surface area contributed by atoms with Crippen LogP contribution in [0, 0.1) is 0 Å². The van der Waals surface area contributed by atoms with Gasteiger partial charge in [0.05, 0.1) is 12.8 Å². The molecule has 0 atom stereocenters. The van der Waals surface area contributed by atoms with E-state index in [1.165, 1.54) is 6.26 Å². The number of carbonyl (C=O) groups excluding carboxylic acids is 2. The first kappa shape index (κ1) is 18.4. The van der Waals surface area contributed by atoms with Gasteiger partial charge in [0, 0.05) is 12.0 Å². The van der Waals surface area contributed by atoms with E-state index in [-0.39, 0.29) is 23.6 Å². The van der Waals surface area contributed by atoms with Crippen LogP contribution in [0.1, 0.15) is 41.8 Å². The van der Waals surface area contributed by atoms with Crippen LogP contribution in [0.3, 0.4) is 0 Å². The van der Waals surface area contributed by atoms with Crippen molar-refractivity contribution in [1.82, 2.24) is 10.6 Å². The molecule has 7 nitrogen and oxygen atoms in total. The number of furan rings is 1. The molecule has 2 aliphatic rings.